The average molecular weight is 359 g/mol. The molecular weight excluding hydrogens is 324 g/mol. The molecule has 1 aromatic rings. The molecule has 1 saturated heterocycles. The van der Waals surface area contributed by atoms with Crippen LogP contribution in [0.5, 0.6) is 0 Å². The van der Waals surface area contributed by atoms with E-state index >= 15 is 0 Å². The topological polar surface area (TPSA) is 42.4 Å². The SMILES string of the molecule is CC(C)(C)OC(=O)N1CCC2(CC1)CC(c1cccc(C(C)(C)C)n1)C2. The maximum atomic E-state index is 12.2. The number of aromatic nitrogens is 1. The van der Waals surface area contributed by atoms with Crippen LogP contribution in [0.1, 0.15) is 84.5 Å². The minimum absolute atomic E-state index is 0.0935. The van der Waals surface area contributed by atoms with E-state index in [4.69, 9.17) is 9.72 Å². The van der Waals surface area contributed by atoms with Crippen molar-refractivity contribution in [2.75, 3.05) is 13.1 Å². The van der Waals surface area contributed by atoms with Crippen LogP contribution < -0.4 is 0 Å². The van der Waals surface area contributed by atoms with Crippen molar-refractivity contribution in [3.05, 3.63) is 29.6 Å². The molecule has 3 rings (SSSR count). The summed E-state index contributed by atoms with van der Waals surface area (Å²) in [7, 11) is 0. The fourth-order valence-corrected chi connectivity index (χ4v) is 4.19. The summed E-state index contributed by atoms with van der Waals surface area (Å²) >= 11 is 0. The third-order valence-electron chi connectivity index (χ3n) is 5.79. The Balaban J connectivity index is 1.55. The van der Waals surface area contributed by atoms with Crippen LogP contribution in [0.15, 0.2) is 18.2 Å². The molecule has 1 aliphatic carbocycles. The van der Waals surface area contributed by atoms with Crippen molar-refractivity contribution in [2.24, 2.45) is 5.41 Å². The van der Waals surface area contributed by atoms with Gasteiger partial charge in [0.05, 0.1) is 0 Å². The van der Waals surface area contributed by atoms with Gasteiger partial charge in [-0.05, 0) is 64.0 Å². The number of amides is 1. The van der Waals surface area contributed by atoms with Crippen LogP contribution in [0.3, 0.4) is 0 Å². The van der Waals surface area contributed by atoms with E-state index in [9.17, 15) is 4.79 Å². The number of piperidine rings is 1. The molecule has 2 heterocycles. The minimum atomic E-state index is -0.419. The summed E-state index contributed by atoms with van der Waals surface area (Å²) in [5.41, 5.74) is 2.50. The molecule has 4 nitrogen and oxygen atoms in total. The van der Waals surface area contributed by atoms with Crippen LogP contribution in [-0.2, 0) is 10.2 Å². The Kier molecular flexibility index (Phi) is 4.83. The van der Waals surface area contributed by atoms with Gasteiger partial charge in [0.15, 0.2) is 0 Å². The van der Waals surface area contributed by atoms with Gasteiger partial charge in [-0.15, -0.1) is 0 Å². The number of carbonyl (C=O) groups is 1. The molecule has 0 atom stereocenters. The number of hydrogen-bond acceptors (Lipinski definition) is 3. The van der Waals surface area contributed by atoms with Crippen molar-refractivity contribution in [3.63, 3.8) is 0 Å². The van der Waals surface area contributed by atoms with Crippen molar-refractivity contribution in [2.45, 2.75) is 84.2 Å². The third kappa shape index (κ3) is 4.21. The van der Waals surface area contributed by atoms with Gasteiger partial charge >= 0.3 is 6.09 Å². The lowest BCUT2D eigenvalue weighted by Crippen LogP contribution is -2.49. The van der Waals surface area contributed by atoms with Gasteiger partial charge < -0.3 is 9.64 Å². The smallest absolute Gasteiger partial charge is 0.410 e. The van der Waals surface area contributed by atoms with E-state index < -0.39 is 5.60 Å². The summed E-state index contributed by atoms with van der Waals surface area (Å²) in [4.78, 5) is 19.1. The monoisotopic (exact) mass is 358 g/mol. The molecule has 2 fully saturated rings. The highest BCUT2D eigenvalue weighted by atomic mass is 16.6. The van der Waals surface area contributed by atoms with Crippen LogP contribution >= 0.6 is 0 Å². The van der Waals surface area contributed by atoms with Crippen LogP contribution in [-0.4, -0.2) is 34.7 Å². The molecule has 2 aliphatic rings. The number of rotatable bonds is 1. The highest BCUT2D eigenvalue weighted by Gasteiger charge is 2.47. The standard InChI is InChI=1S/C22H34N2O2/c1-20(2,3)18-9-7-8-17(23-18)16-14-22(15-16)10-12-24(13-11-22)19(25)26-21(4,5)6/h7-9,16H,10-15H2,1-6H3. The molecule has 1 amide bonds. The van der Waals surface area contributed by atoms with Crippen LogP contribution in [0.25, 0.3) is 0 Å². The molecule has 0 aromatic carbocycles. The number of carbonyl (C=O) groups excluding carboxylic acids is 1. The molecule has 0 radical (unpaired) electrons. The summed E-state index contributed by atoms with van der Waals surface area (Å²) in [5.74, 6) is 0.574. The molecule has 144 valence electrons. The zero-order chi connectivity index (χ0) is 19.2. The Morgan fingerprint density at radius 1 is 1.12 bits per heavy atom. The maximum Gasteiger partial charge on any atom is 0.410 e. The van der Waals surface area contributed by atoms with Crippen LogP contribution in [0.2, 0.25) is 0 Å². The molecule has 4 heteroatoms. The summed E-state index contributed by atoms with van der Waals surface area (Å²) in [6.07, 6.45) is 4.41. The van der Waals surface area contributed by atoms with Crippen LogP contribution in [0, 0.1) is 5.41 Å². The number of nitrogens with zero attached hydrogens (tertiary/aromatic N) is 2. The Morgan fingerprint density at radius 2 is 1.73 bits per heavy atom. The fourth-order valence-electron chi connectivity index (χ4n) is 4.19. The van der Waals surface area contributed by atoms with Crippen molar-refractivity contribution in [1.29, 1.82) is 0 Å². The van der Waals surface area contributed by atoms with E-state index in [1.807, 2.05) is 25.7 Å². The Morgan fingerprint density at radius 3 is 2.27 bits per heavy atom. The number of pyridine rings is 1. The summed E-state index contributed by atoms with van der Waals surface area (Å²) < 4.78 is 5.51. The van der Waals surface area contributed by atoms with E-state index in [0.29, 0.717) is 11.3 Å². The lowest BCUT2D eigenvalue weighted by molar-refractivity contribution is -0.0126. The first-order chi connectivity index (χ1) is 12.0. The largest absolute Gasteiger partial charge is 0.444 e. The highest BCUT2D eigenvalue weighted by molar-refractivity contribution is 5.68. The Labute approximate surface area is 158 Å². The molecule has 1 saturated carbocycles. The van der Waals surface area contributed by atoms with Crippen molar-refractivity contribution >= 4 is 6.09 Å². The van der Waals surface area contributed by atoms with Gasteiger partial charge in [0.25, 0.3) is 0 Å². The zero-order valence-electron chi connectivity index (χ0n) is 17.3. The van der Waals surface area contributed by atoms with E-state index in [-0.39, 0.29) is 11.5 Å². The van der Waals surface area contributed by atoms with Crippen LogP contribution in [0.4, 0.5) is 4.79 Å². The van der Waals surface area contributed by atoms with Gasteiger partial charge in [-0.1, -0.05) is 26.8 Å². The second-order valence-corrected chi connectivity index (χ2v) is 10.3. The van der Waals surface area contributed by atoms with Gasteiger partial charge in [-0.3, -0.25) is 4.98 Å². The lowest BCUT2D eigenvalue weighted by Gasteiger charge is -2.52. The fraction of sp³-hybridized carbons (Fsp3) is 0.727. The van der Waals surface area contributed by atoms with Crippen molar-refractivity contribution in [3.8, 4) is 0 Å². The summed E-state index contributed by atoms with van der Waals surface area (Å²) in [5, 5.41) is 0. The first kappa shape index (κ1) is 19.2. The molecule has 1 aromatic heterocycles. The normalized spacial score (nSPS) is 20.8. The molecule has 0 unspecified atom stereocenters. The van der Waals surface area contributed by atoms with Gasteiger partial charge in [0.2, 0.25) is 0 Å². The Bertz CT molecular complexity index is 653. The predicted molar refractivity (Wildman–Crippen MR) is 104 cm³/mol. The van der Waals surface area contributed by atoms with E-state index in [0.717, 1.165) is 25.9 Å². The molecule has 1 aliphatic heterocycles. The zero-order valence-corrected chi connectivity index (χ0v) is 17.3. The maximum absolute atomic E-state index is 12.2. The van der Waals surface area contributed by atoms with Gasteiger partial charge in [-0.2, -0.15) is 0 Å². The molecule has 1 spiro atoms. The number of hydrogen-bond donors (Lipinski definition) is 0. The quantitative estimate of drug-likeness (QED) is 0.686. The minimum Gasteiger partial charge on any atom is -0.444 e. The van der Waals surface area contributed by atoms with E-state index in [1.165, 1.54) is 24.2 Å². The summed E-state index contributed by atoms with van der Waals surface area (Å²) in [6.45, 7) is 14.0. The number of ether oxygens (including phenoxy) is 1. The molecule has 26 heavy (non-hydrogen) atoms. The van der Waals surface area contributed by atoms with E-state index in [1.54, 1.807) is 0 Å². The van der Waals surface area contributed by atoms with Crippen molar-refractivity contribution < 1.29 is 9.53 Å². The summed E-state index contributed by atoms with van der Waals surface area (Å²) in [6, 6.07) is 6.47. The van der Waals surface area contributed by atoms with Gasteiger partial charge in [0, 0.05) is 35.8 Å². The third-order valence-corrected chi connectivity index (χ3v) is 5.79. The van der Waals surface area contributed by atoms with E-state index in [2.05, 4.69) is 39.0 Å². The van der Waals surface area contributed by atoms with Gasteiger partial charge in [-0.25, -0.2) is 4.79 Å². The highest BCUT2D eigenvalue weighted by Crippen LogP contribution is 2.56. The molecule has 0 bridgehead atoms. The molecule has 0 N–H and O–H groups in total. The molecular formula is C22H34N2O2. The second kappa shape index (κ2) is 6.54. The second-order valence-electron chi connectivity index (χ2n) is 10.3. The predicted octanol–water partition coefficient (Wildman–Crippen LogP) is 5.27. The number of likely N-dealkylation sites (tertiary alicyclic amines) is 1. The lowest BCUT2D eigenvalue weighted by atomic mass is 9.56. The van der Waals surface area contributed by atoms with Crippen molar-refractivity contribution in [1.82, 2.24) is 9.88 Å². The first-order valence-electron chi connectivity index (χ1n) is 9.93. The van der Waals surface area contributed by atoms with Gasteiger partial charge in [0.1, 0.15) is 5.60 Å². The first-order valence-corrected chi connectivity index (χ1v) is 9.93. The average Bonchev–Trinajstić information content (AvgIpc) is 2.50. The Hall–Kier alpha value is -1.58.